The maximum atomic E-state index is 13.5. The Bertz CT molecular complexity index is 2640. The van der Waals surface area contributed by atoms with Crippen LogP contribution in [0.1, 0.15) is 290 Å². The standard InChI is InChI=1S/C93H155NO18/c1-3-5-7-9-11-13-15-17-19-21-23-25-27-29-31-32-33-34-35-36-37-38-39-40-41-42-43-44-45-47-49-51-53-55-57-59-61-63-65-67-69-71-81(99)94-76(77(98)70-68-66-64-62-60-58-56-54-52-50-48-46-30-28-26-24-22-20-18-16-14-12-10-8-6-4-2)75-107-91-87(105)84(102)89(79(73-96)109-91)112-93-88(106)85(103)90(80(74-97)110-93)111-92-86(104)83(101)82(100)78(72-95)108-92/h5,7,11,13,17,19,23,25,29,31,33-34,36-37,39-40,42-43,45,47,51,53,57,59,68,70,76-80,82-93,95-98,100-106H,3-4,6,8-10,12,14-16,18,20-22,24,26-28,30,32,35,38,41,44,46,48-50,52,54-56,58,60-67,69,71-75H2,1-2H3,(H,94,99)/b7-5-,13-11-,19-17-,25-23-,31-29-,34-33-,37-36-,40-39-,43-42-,47-45-,53-51-,59-57-,70-68+. The van der Waals surface area contributed by atoms with Crippen LogP contribution in [-0.4, -0.2) is 193 Å². The van der Waals surface area contributed by atoms with E-state index in [0.29, 0.717) is 6.42 Å². The summed E-state index contributed by atoms with van der Waals surface area (Å²) in [5.41, 5.74) is 0. The van der Waals surface area contributed by atoms with Crippen LogP contribution in [-0.2, 0) is 33.2 Å². The van der Waals surface area contributed by atoms with Crippen molar-refractivity contribution >= 4 is 5.91 Å². The van der Waals surface area contributed by atoms with Gasteiger partial charge in [0.2, 0.25) is 5.91 Å². The number of carbonyl (C=O) groups excluding carboxylic acids is 1. The molecule has 0 aliphatic carbocycles. The van der Waals surface area contributed by atoms with E-state index < -0.39 is 124 Å². The van der Waals surface area contributed by atoms with E-state index in [-0.39, 0.29) is 18.9 Å². The van der Waals surface area contributed by atoms with Gasteiger partial charge in [0.05, 0.1) is 38.6 Å². The molecular weight excluding hydrogens is 1420 g/mol. The number of allylic oxidation sites excluding steroid dienone is 25. The first-order valence-corrected chi connectivity index (χ1v) is 43.7. The minimum Gasteiger partial charge on any atom is -0.394 e. The number of hydrogen-bond acceptors (Lipinski definition) is 18. The summed E-state index contributed by atoms with van der Waals surface area (Å²) < 4.78 is 34.5. The van der Waals surface area contributed by atoms with Crippen molar-refractivity contribution in [1.82, 2.24) is 5.32 Å². The lowest BCUT2D eigenvalue weighted by Crippen LogP contribution is -2.66. The molecular formula is C93H155NO18. The van der Waals surface area contributed by atoms with Crippen LogP contribution in [0.2, 0.25) is 0 Å². The second-order valence-corrected chi connectivity index (χ2v) is 30.3. The minimum atomic E-state index is -1.99. The van der Waals surface area contributed by atoms with Crippen molar-refractivity contribution in [3.05, 3.63) is 158 Å². The van der Waals surface area contributed by atoms with Gasteiger partial charge in [-0.1, -0.05) is 332 Å². The molecule has 3 rings (SSSR count). The molecule has 0 saturated carbocycles. The van der Waals surface area contributed by atoms with Crippen molar-refractivity contribution in [2.24, 2.45) is 0 Å². The zero-order valence-electron chi connectivity index (χ0n) is 68.8. The van der Waals surface area contributed by atoms with E-state index in [2.05, 4.69) is 165 Å². The SMILES string of the molecule is CC/C=C\C/C=C\C/C=C\C/C=C\C/C=C\C/C=C\C/C=C\C/C=C\C/C=C\C/C=C\C/C=C\C/C=C\CCCCCCC(=O)NC(COC1OC(CO)C(OC2OC(CO)C(OC3OC(CO)C(O)C(O)C3O)C(O)C2O)C(O)C1O)C(O)/C=C/CCCCCCCCCCCCCCCCCCCCCCCCCC. The van der Waals surface area contributed by atoms with Crippen molar-refractivity contribution in [1.29, 1.82) is 0 Å². The average molecular weight is 1580 g/mol. The van der Waals surface area contributed by atoms with Crippen LogP contribution in [0.5, 0.6) is 0 Å². The normalized spacial score (nSPS) is 25.7. The monoisotopic (exact) mass is 1570 g/mol. The van der Waals surface area contributed by atoms with Crippen LogP contribution in [0.3, 0.4) is 0 Å². The number of aliphatic hydroxyl groups excluding tert-OH is 11. The molecule has 3 aliphatic rings. The molecule has 0 bridgehead atoms. The number of hydrogen-bond donors (Lipinski definition) is 12. The van der Waals surface area contributed by atoms with Crippen molar-refractivity contribution < 1.29 is 89.4 Å². The third kappa shape index (κ3) is 48.8. The van der Waals surface area contributed by atoms with E-state index >= 15 is 0 Å². The van der Waals surface area contributed by atoms with Crippen molar-refractivity contribution in [3.63, 3.8) is 0 Å². The number of nitrogens with one attached hydrogen (secondary N) is 1. The van der Waals surface area contributed by atoms with Crippen molar-refractivity contribution in [2.45, 2.75) is 394 Å². The summed E-state index contributed by atoms with van der Waals surface area (Å²) in [6.45, 7) is 1.62. The number of amides is 1. The number of ether oxygens (including phenoxy) is 6. The van der Waals surface area contributed by atoms with Crippen LogP contribution in [0.25, 0.3) is 0 Å². The first-order valence-electron chi connectivity index (χ1n) is 43.7. The maximum Gasteiger partial charge on any atom is 0.220 e. The second kappa shape index (κ2) is 70.6. The zero-order chi connectivity index (χ0) is 81.0. The van der Waals surface area contributed by atoms with E-state index in [9.17, 15) is 61.0 Å². The van der Waals surface area contributed by atoms with Crippen molar-refractivity contribution in [3.8, 4) is 0 Å². The molecule has 19 nitrogen and oxygen atoms in total. The Balaban J connectivity index is 1.36. The molecule has 17 atom stereocenters. The van der Waals surface area contributed by atoms with Gasteiger partial charge in [-0.3, -0.25) is 4.79 Å². The van der Waals surface area contributed by atoms with Gasteiger partial charge in [-0.25, -0.2) is 0 Å². The fourth-order valence-electron chi connectivity index (χ4n) is 13.6. The van der Waals surface area contributed by atoms with Gasteiger partial charge in [0, 0.05) is 6.42 Å². The summed E-state index contributed by atoms with van der Waals surface area (Å²) in [7, 11) is 0. The Kier molecular flexibility index (Phi) is 64.0. The maximum absolute atomic E-state index is 13.5. The molecule has 0 spiro atoms. The molecule has 0 radical (unpaired) electrons. The number of carbonyl (C=O) groups is 1. The smallest absolute Gasteiger partial charge is 0.220 e. The third-order valence-electron chi connectivity index (χ3n) is 20.6. The van der Waals surface area contributed by atoms with Crippen LogP contribution in [0.15, 0.2) is 158 Å². The van der Waals surface area contributed by atoms with Crippen molar-refractivity contribution in [2.75, 3.05) is 26.4 Å². The fourth-order valence-corrected chi connectivity index (χ4v) is 13.6. The molecule has 3 aliphatic heterocycles. The Morgan fingerprint density at radius 3 is 0.964 bits per heavy atom. The molecule has 3 saturated heterocycles. The highest BCUT2D eigenvalue weighted by Gasteiger charge is 2.54. The third-order valence-corrected chi connectivity index (χ3v) is 20.6. The van der Waals surface area contributed by atoms with E-state index in [0.717, 1.165) is 128 Å². The first kappa shape index (κ1) is 102. The van der Waals surface area contributed by atoms with Gasteiger partial charge in [0.25, 0.3) is 0 Å². The zero-order valence-corrected chi connectivity index (χ0v) is 68.8. The molecule has 19 heteroatoms. The second-order valence-electron chi connectivity index (χ2n) is 30.3. The molecule has 3 fully saturated rings. The lowest BCUT2D eigenvalue weighted by molar-refractivity contribution is -0.379. The van der Waals surface area contributed by atoms with Gasteiger partial charge in [0.15, 0.2) is 18.9 Å². The molecule has 1 amide bonds. The van der Waals surface area contributed by atoms with Crippen LogP contribution >= 0.6 is 0 Å². The molecule has 640 valence electrons. The summed E-state index contributed by atoms with van der Waals surface area (Å²) >= 11 is 0. The van der Waals surface area contributed by atoms with Gasteiger partial charge in [-0.2, -0.15) is 0 Å². The molecule has 112 heavy (non-hydrogen) atoms. The lowest BCUT2D eigenvalue weighted by atomic mass is 9.96. The topological polar surface area (TPSA) is 307 Å². The fraction of sp³-hybridized carbons (Fsp3) is 0.710. The van der Waals surface area contributed by atoms with Crippen LogP contribution in [0.4, 0.5) is 0 Å². The molecule has 0 aromatic heterocycles. The highest BCUT2D eigenvalue weighted by molar-refractivity contribution is 5.76. The quantitative estimate of drug-likeness (QED) is 0.0199. The Morgan fingerprint density at radius 1 is 0.330 bits per heavy atom. The lowest BCUT2D eigenvalue weighted by Gasteiger charge is -2.48. The van der Waals surface area contributed by atoms with Crippen LogP contribution < -0.4 is 5.32 Å². The van der Waals surface area contributed by atoms with Gasteiger partial charge < -0.3 is 89.9 Å². The van der Waals surface area contributed by atoms with E-state index in [1.807, 2.05) is 6.08 Å². The minimum absolute atomic E-state index is 0.204. The predicted molar refractivity (Wildman–Crippen MR) is 452 cm³/mol. The number of aliphatic hydroxyl groups is 11. The van der Waals surface area contributed by atoms with E-state index in [1.165, 1.54) is 135 Å². The van der Waals surface area contributed by atoms with E-state index in [4.69, 9.17) is 28.4 Å². The summed E-state index contributed by atoms with van der Waals surface area (Å²) in [6, 6.07) is -1.00. The average Bonchev–Trinajstić information content (AvgIpc) is 0.781. The highest BCUT2D eigenvalue weighted by atomic mass is 16.8. The number of rotatable bonds is 68. The van der Waals surface area contributed by atoms with Crippen LogP contribution in [0, 0.1) is 0 Å². The summed E-state index contributed by atoms with van der Waals surface area (Å²) in [6.07, 6.45) is 78.0. The molecule has 12 N–H and O–H groups in total. The molecule has 0 aromatic carbocycles. The van der Waals surface area contributed by atoms with Gasteiger partial charge in [0.1, 0.15) is 73.2 Å². The Morgan fingerprint density at radius 2 is 0.616 bits per heavy atom. The van der Waals surface area contributed by atoms with Gasteiger partial charge >= 0.3 is 0 Å². The molecule has 17 unspecified atom stereocenters. The molecule has 0 aromatic rings. The van der Waals surface area contributed by atoms with E-state index in [1.54, 1.807) is 6.08 Å². The first-order chi connectivity index (χ1) is 54.8. The van der Waals surface area contributed by atoms with Gasteiger partial charge in [-0.05, 0) is 109 Å². The summed E-state index contributed by atoms with van der Waals surface area (Å²) in [5, 5.41) is 121. The summed E-state index contributed by atoms with van der Waals surface area (Å²) in [5.74, 6) is -0.303. The Hall–Kier alpha value is -4.59. The largest absolute Gasteiger partial charge is 0.394 e. The predicted octanol–water partition coefficient (Wildman–Crippen LogP) is 16.3. The number of unbranched alkanes of at least 4 members (excludes halogenated alkanes) is 28. The summed E-state index contributed by atoms with van der Waals surface area (Å²) in [4.78, 5) is 13.5. The highest BCUT2D eigenvalue weighted by Crippen LogP contribution is 2.33. The van der Waals surface area contributed by atoms with Gasteiger partial charge in [-0.15, -0.1) is 0 Å². The molecule has 3 heterocycles. The Labute approximate surface area is 675 Å².